The number of nitrogens with zero attached hydrogens (tertiary/aromatic N) is 1. The van der Waals surface area contributed by atoms with Crippen molar-refractivity contribution in [1.82, 2.24) is 4.98 Å². The van der Waals surface area contributed by atoms with Gasteiger partial charge in [-0.2, -0.15) is 0 Å². The van der Waals surface area contributed by atoms with Crippen LogP contribution in [0.1, 0.15) is 18.9 Å². The van der Waals surface area contributed by atoms with Crippen LogP contribution < -0.4 is 5.32 Å². The van der Waals surface area contributed by atoms with Crippen molar-refractivity contribution in [3.05, 3.63) is 22.3 Å². The van der Waals surface area contributed by atoms with Crippen LogP contribution in [0.2, 0.25) is 0 Å². The van der Waals surface area contributed by atoms with Crippen molar-refractivity contribution < 1.29 is 4.21 Å². The van der Waals surface area contributed by atoms with Gasteiger partial charge in [-0.15, -0.1) is 0 Å². The average Bonchev–Trinajstić information content (AvgIpc) is 2.20. The van der Waals surface area contributed by atoms with E-state index in [1.807, 2.05) is 26.1 Å². The van der Waals surface area contributed by atoms with E-state index in [1.54, 1.807) is 6.26 Å². The van der Waals surface area contributed by atoms with E-state index in [-0.39, 0.29) is 5.25 Å². The molecule has 1 aromatic rings. The molecule has 0 radical (unpaired) electrons. The molecule has 2 atom stereocenters. The Bertz CT molecular complexity index is 384. The minimum atomic E-state index is -0.749. The van der Waals surface area contributed by atoms with Gasteiger partial charge in [0.05, 0.1) is 4.47 Å². The van der Waals surface area contributed by atoms with Gasteiger partial charge in [0.15, 0.2) is 0 Å². The second-order valence-corrected chi connectivity index (χ2v) is 6.52. The highest BCUT2D eigenvalue weighted by atomic mass is 79.9. The number of pyridine rings is 1. The normalized spacial score (nSPS) is 14.5. The molecule has 1 N–H and O–H groups in total. The minimum absolute atomic E-state index is 0.219. The summed E-state index contributed by atoms with van der Waals surface area (Å²) in [7, 11) is -0.749. The number of aromatic nitrogens is 1. The van der Waals surface area contributed by atoms with Crippen molar-refractivity contribution in [3.8, 4) is 0 Å². The van der Waals surface area contributed by atoms with Crippen LogP contribution in [0.15, 0.2) is 16.7 Å². The third-order valence-corrected chi connectivity index (χ3v) is 4.36. The molecular formula is C11H17BrN2OS. The Morgan fingerprint density at radius 3 is 2.88 bits per heavy atom. The van der Waals surface area contributed by atoms with E-state index in [1.165, 1.54) is 0 Å². The molecule has 0 spiro atoms. The van der Waals surface area contributed by atoms with Gasteiger partial charge < -0.3 is 5.32 Å². The number of anilines is 1. The number of aryl methyl sites for hydroxylation is 1. The predicted octanol–water partition coefficient (Wildman–Crippen LogP) is 2.72. The second-order valence-electron chi connectivity index (χ2n) is 3.87. The van der Waals surface area contributed by atoms with E-state index in [9.17, 15) is 4.21 Å². The van der Waals surface area contributed by atoms with Crippen LogP contribution in [0.5, 0.6) is 0 Å². The fraction of sp³-hybridized carbons (Fsp3) is 0.545. The highest BCUT2D eigenvalue weighted by Crippen LogP contribution is 2.20. The summed E-state index contributed by atoms with van der Waals surface area (Å²) in [6.07, 6.45) is 4.45. The van der Waals surface area contributed by atoms with Gasteiger partial charge in [0.2, 0.25) is 0 Å². The van der Waals surface area contributed by atoms with Gasteiger partial charge >= 0.3 is 0 Å². The van der Waals surface area contributed by atoms with Crippen molar-refractivity contribution in [2.45, 2.75) is 25.5 Å². The Balaban J connectivity index is 2.46. The highest BCUT2D eigenvalue weighted by Gasteiger charge is 2.06. The van der Waals surface area contributed by atoms with E-state index >= 15 is 0 Å². The number of halogens is 1. The monoisotopic (exact) mass is 304 g/mol. The van der Waals surface area contributed by atoms with Crippen LogP contribution in [-0.2, 0) is 10.8 Å². The summed E-state index contributed by atoms with van der Waals surface area (Å²) in [5.41, 5.74) is 1.13. The van der Waals surface area contributed by atoms with Crippen LogP contribution in [0.3, 0.4) is 0 Å². The molecule has 16 heavy (non-hydrogen) atoms. The van der Waals surface area contributed by atoms with E-state index in [2.05, 4.69) is 26.2 Å². The van der Waals surface area contributed by atoms with Gasteiger partial charge in [0, 0.05) is 35.0 Å². The molecule has 1 aromatic heterocycles. The summed E-state index contributed by atoms with van der Waals surface area (Å²) >= 11 is 3.46. The van der Waals surface area contributed by atoms with Gasteiger partial charge in [0.1, 0.15) is 5.82 Å². The Morgan fingerprint density at radius 2 is 2.31 bits per heavy atom. The Hall–Kier alpha value is -0.420. The predicted molar refractivity (Wildman–Crippen MR) is 73.3 cm³/mol. The number of nitrogens with one attached hydrogen (secondary N) is 1. The van der Waals surface area contributed by atoms with Crippen LogP contribution in [0, 0.1) is 6.92 Å². The minimum Gasteiger partial charge on any atom is -0.369 e. The summed E-state index contributed by atoms with van der Waals surface area (Å²) in [4.78, 5) is 4.29. The van der Waals surface area contributed by atoms with Gasteiger partial charge in [-0.1, -0.05) is 6.92 Å². The molecule has 1 heterocycles. The maximum absolute atomic E-state index is 11.2. The standard InChI is InChI=1S/C11H17BrN2OS/c1-8-6-10(12)11(14-7-8)13-5-4-9(2)16(3)15/h6-7,9H,4-5H2,1-3H3,(H,13,14). The quantitative estimate of drug-likeness (QED) is 0.909. The lowest BCUT2D eigenvalue weighted by atomic mass is 10.3. The molecule has 90 valence electrons. The van der Waals surface area contributed by atoms with E-state index in [4.69, 9.17) is 0 Å². The molecule has 0 amide bonds. The molecule has 5 heteroatoms. The van der Waals surface area contributed by atoms with Crippen molar-refractivity contribution >= 4 is 32.5 Å². The van der Waals surface area contributed by atoms with Gasteiger partial charge in [0.25, 0.3) is 0 Å². The summed E-state index contributed by atoms with van der Waals surface area (Å²) < 4.78 is 12.1. The zero-order valence-corrected chi connectivity index (χ0v) is 12.2. The van der Waals surface area contributed by atoms with E-state index in [0.717, 1.165) is 28.8 Å². The Morgan fingerprint density at radius 1 is 1.62 bits per heavy atom. The van der Waals surface area contributed by atoms with Crippen molar-refractivity contribution in [2.75, 3.05) is 18.1 Å². The largest absolute Gasteiger partial charge is 0.369 e. The zero-order valence-electron chi connectivity index (χ0n) is 9.79. The molecule has 0 aliphatic rings. The summed E-state index contributed by atoms with van der Waals surface area (Å²) in [5, 5.41) is 3.45. The number of hydrogen-bond donors (Lipinski definition) is 1. The summed E-state index contributed by atoms with van der Waals surface area (Å²) in [6.45, 7) is 4.79. The number of rotatable bonds is 5. The molecule has 3 nitrogen and oxygen atoms in total. The van der Waals surface area contributed by atoms with Crippen LogP contribution >= 0.6 is 15.9 Å². The topological polar surface area (TPSA) is 42.0 Å². The second kappa shape index (κ2) is 6.35. The SMILES string of the molecule is Cc1cnc(NCCC(C)S(C)=O)c(Br)c1. The van der Waals surface area contributed by atoms with Gasteiger partial charge in [-0.25, -0.2) is 4.98 Å². The molecular weight excluding hydrogens is 288 g/mol. The smallest absolute Gasteiger partial charge is 0.140 e. The first-order valence-corrected chi connectivity index (χ1v) is 7.60. The molecule has 0 aromatic carbocycles. The van der Waals surface area contributed by atoms with Crippen LogP contribution in [-0.4, -0.2) is 27.2 Å². The number of hydrogen-bond acceptors (Lipinski definition) is 3. The van der Waals surface area contributed by atoms with Crippen molar-refractivity contribution in [1.29, 1.82) is 0 Å². The molecule has 2 unspecified atom stereocenters. The third-order valence-electron chi connectivity index (χ3n) is 2.39. The first kappa shape index (κ1) is 13.6. The lowest BCUT2D eigenvalue weighted by Gasteiger charge is -2.10. The third kappa shape index (κ3) is 4.22. The molecule has 0 saturated heterocycles. The molecule has 0 aliphatic heterocycles. The maximum Gasteiger partial charge on any atom is 0.140 e. The maximum atomic E-state index is 11.2. The average molecular weight is 305 g/mol. The van der Waals surface area contributed by atoms with Crippen molar-refractivity contribution in [2.24, 2.45) is 0 Å². The van der Waals surface area contributed by atoms with E-state index in [0.29, 0.717) is 0 Å². The highest BCUT2D eigenvalue weighted by molar-refractivity contribution is 9.10. The fourth-order valence-corrected chi connectivity index (χ4v) is 2.28. The van der Waals surface area contributed by atoms with E-state index < -0.39 is 10.8 Å². The zero-order chi connectivity index (χ0) is 12.1. The first-order valence-electron chi connectivity index (χ1n) is 5.19. The lowest BCUT2D eigenvalue weighted by Crippen LogP contribution is -2.15. The fourth-order valence-electron chi connectivity index (χ4n) is 1.22. The summed E-state index contributed by atoms with van der Waals surface area (Å²) in [6, 6.07) is 2.02. The summed E-state index contributed by atoms with van der Waals surface area (Å²) in [5.74, 6) is 0.847. The van der Waals surface area contributed by atoms with Gasteiger partial charge in [-0.3, -0.25) is 4.21 Å². The molecule has 0 fully saturated rings. The van der Waals surface area contributed by atoms with Crippen molar-refractivity contribution in [3.63, 3.8) is 0 Å². The molecule has 1 rings (SSSR count). The molecule has 0 aliphatic carbocycles. The van der Waals surface area contributed by atoms with Crippen LogP contribution in [0.4, 0.5) is 5.82 Å². The van der Waals surface area contributed by atoms with Crippen LogP contribution in [0.25, 0.3) is 0 Å². The lowest BCUT2D eigenvalue weighted by molar-refractivity contribution is 0.672. The molecule has 0 bridgehead atoms. The Kier molecular flexibility index (Phi) is 5.41. The Labute approximate surface area is 108 Å². The van der Waals surface area contributed by atoms with Gasteiger partial charge in [-0.05, 0) is 40.9 Å². The first-order chi connectivity index (χ1) is 7.50. The molecule has 0 saturated carbocycles.